The molecule has 0 bridgehead atoms. The van der Waals surface area contributed by atoms with Gasteiger partial charge < -0.3 is 9.64 Å². The highest BCUT2D eigenvalue weighted by Gasteiger charge is 2.22. The summed E-state index contributed by atoms with van der Waals surface area (Å²) in [5.41, 5.74) is 0.810. The van der Waals surface area contributed by atoms with Crippen molar-refractivity contribution < 1.29 is 14.4 Å². The molecule has 1 aliphatic heterocycles. The molecule has 1 saturated heterocycles. The Hall–Kier alpha value is -1.24. The van der Waals surface area contributed by atoms with Crippen LogP contribution in [0.2, 0.25) is 5.15 Å². The maximum Gasteiger partial charge on any atom is 0.348 e. The summed E-state index contributed by atoms with van der Waals surface area (Å²) in [6.07, 6.45) is 3.84. The second-order valence-electron chi connectivity index (χ2n) is 5.87. The van der Waals surface area contributed by atoms with E-state index in [0.717, 1.165) is 41.2 Å². The van der Waals surface area contributed by atoms with E-state index < -0.39 is 0 Å². The molecule has 0 atom stereocenters. The molecule has 1 aliphatic rings. The molecule has 3 rings (SSSR count). The Bertz CT molecular complexity index is 726. The topological polar surface area (TPSA) is 56.5 Å². The van der Waals surface area contributed by atoms with Crippen LogP contribution in [0.5, 0.6) is 0 Å². The van der Waals surface area contributed by atoms with E-state index in [1.54, 1.807) is 6.92 Å². The van der Waals surface area contributed by atoms with Gasteiger partial charge in [-0.3, -0.25) is 0 Å². The van der Waals surface area contributed by atoms with Crippen molar-refractivity contribution in [1.82, 2.24) is 9.97 Å². The molecular weight excluding hydrogens is 334 g/mol. The second-order valence-corrected chi connectivity index (χ2v) is 7.23. The third kappa shape index (κ3) is 3.49. The maximum atomic E-state index is 12.0. The molecule has 1 fully saturated rings. The fourth-order valence-corrected chi connectivity index (χ4v) is 4.53. The lowest BCUT2D eigenvalue weighted by Crippen LogP contribution is -3.11. The van der Waals surface area contributed by atoms with Crippen LogP contribution in [0.15, 0.2) is 0 Å². The Balaban J connectivity index is 1.92. The van der Waals surface area contributed by atoms with E-state index in [9.17, 15) is 4.79 Å². The molecule has 0 unspecified atom stereocenters. The lowest BCUT2D eigenvalue weighted by molar-refractivity contribution is -0.919. The van der Waals surface area contributed by atoms with Crippen molar-refractivity contribution in [1.29, 1.82) is 0 Å². The van der Waals surface area contributed by atoms with Crippen molar-refractivity contribution >= 4 is 39.1 Å². The Labute approximate surface area is 144 Å². The number of likely N-dealkylation sites (tertiary alicyclic amines) is 1. The van der Waals surface area contributed by atoms with Crippen LogP contribution in [0.25, 0.3) is 10.2 Å². The smallest absolute Gasteiger partial charge is 0.348 e. The number of ether oxygens (including phenoxy) is 1. The van der Waals surface area contributed by atoms with Crippen molar-refractivity contribution in [2.24, 2.45) is 0 Å². The Morgan fingerprint density at radius 2 is 2.04 bits per heavy atom. The lowest BCUT2D eigenvalue weighted by Gasteiger charge is -2.22. The van der Waals surface area contributed by atoms with E-state index in [1.807, 2.05) is 6.92 Å². The van der Waals surface area contributed by atoms with Gasteiger partial charge in [0.2, 0.25) is 0 Å². The van der Waals surface area contributed by atoms with Gasteiger partial charge in [-0.05, 0) is 38.7 Å². The van der Waals surface area contributed by atoms with Gasteiger partial charge in [-0.15, -0.1) is 11.3 Å². The molecule has 124 valence electrons. The number of esters is 1. The van der Waals surface area contributed by atoms with Gasteiger partial charge in [0.25, 0.3) is 0 Å². The molecule has 7 heteroatoms. The number of rotatable bonds is 4. The minimum Gasteiger partial charge on any atom is -0.462 e. The first kappa shape index (κ1) is 16.6. The van der Waals surface area contributed by atoms with Crippen LogP contribution < -0.4 is 4.90 Å². The third-order valence-electron chi connectivity index (χ3n) is 4.22. The second kappa shape index (κ2) is 7.11. The van der Waals surface area contributed by atoms with Gasteiger partial charge in [0, 0.05) is 0 Å². The number of aryl methyl sites for hydroxylation is 1. The first-order chi connectivity index (χ1) is 11.1. The number of hydrogen-bond acceptors (Lipinski definition) is 5. The number of aromatic nitrogens is 2. The maximum absolute atomic E-state index is 12.0. The highest BCUT2D eigenvalue weighted by atomic mass is 35.5. The summed E-state index contributed by atoms with van der Waals surface area (Å²) in [5.74, 6) is 0.448. The van der Waals surface area contributed by atoms with E-state index in [1.165, 1.54) is 35.5 Å². The van der Waals surface area contributed by atoms with Crippen molar-refractivity contribution in [2.75, 3.05) is 19.7 Å². The number of carbonyl (C=O) groups excluding carboxylic acids is 1. The number of fused-ring (bicyclic) bond motifs is 1. The minimum atomic E-state index is -0.313. The van der Waals surface area contributed by atoms with Crippen molar-refractivity contribution in [2.45, 2.75) is 39.7 Å². The molecule has 5 nitrogen and oxygen atoms in total. The predicted octanol–water partition coefficient (Wildman–Crippen LogP) is 2.40. The first-order valence-corrected chi connectivity index (χ1v) is 9.25. The van der Waals surface area contributed by atoms with Crippen LogP contribution in [0.4, 0.5) is 0 Å². The number of nitrogens with one attached hydrogen (secondary N) is 1. The standard InChI is InChI=1S/C16H20ClN3O2S/c1-3-22-16(21)13-10(2)12-14(17)18-11(19-15(12)23-13)9-20-7-5-4-6-8-20/h3-9H2,1-2H3/p+1. The summed E-state index contributed by atoms with van der Waals surface area (Å²) in [6.45, 7) is 7.15. The Kier molecular flexibility index (Phi) is 5.14. The molecule has 0 spiro atoms. The minimum absolute atomic E-state index is 0.313. The normalized spacial score (nSPS) is 16.0. The molecule has 0 aromatic carbocycles. The van der Waals surface area contributed by atoms with Crippen LogP contribution in [-0.4, -0.2) is 35.6 Å². The van der Waals surface area contributed by atoms with Crippen molar-refractivity contribution in [3.05, 3.63) is 21.4 Å². The SMILES string of the molecule is CCOC(=O)c1sc2nc(C[NH+]3CCCCC3)nc(Cl)c2c1C. The summed E-state index contributed by atoms with van der Waals surface area (Å²) in [6, 6.07) is 0. The highest BCUT2D eigenvalue weighted by molar-refractivity contribution is 7.20. The number of piperidine rings is 1. The monoisotopic (exact) mass is 354 g/mol. The number of halogens is 1. The van der Waals surface area contributed by atoms with Crippen LogP contribution in [0.3, 0.4) is 0 Å². The van der Waals surface area contributed by atoms with Crippen molar-refractivity contribution in [3.8, 4) is 0 Å². The van der Waals surface area contributed by atoms with Crippen molar-refractivity contribution in [3.63, 3.8) is 0 Å². The summed E-state index contributed by atoms with van der Waals surface area (Å²) >= 11 is 7.72. The largest absolute Gasteiger partial charge is 0.462 e. The molecule has 0 saturated carbocycles. The summed E-state index contributed by atoms with van der Waals surface area (Å²) in [7, 11) is 0. The number of thiophene rings is 1. The van der Waals surface area contributed by atoms with Crippen LogP contribution in [-0.2, 0) is 11.3 Å². The number of quaternary nitrogens is 1. The lowest BCUT2D eigenvalue weighted by atomic mass is 10.1. The van der Waals surface area contributed by atoms with E-state index in [-0.39, 0.29) is 5.97 Å². The van der Waals surface area contributed by atoms with E-state index in [0.29, 0.717) is 16.6 Å². The van der Waals surface area contributed by atoms with Gasteiger partial charge in [-0.1, -0.05) is 11.6 Å². The average Bonchev–Trinajstić information content (AvgIpc) is 2.86. The number of hydrogen-bond donors (Lipinski definition) is 1. The van der Waals surface area contributed by atoms with Gasteiger partial charge in [0.1, 0.15) is 21.4 Å². The van der Waals surface area contributed by atoms with Crippen LogP contribution in [0.1, 0.15) is 47.2 Å². The fourth-order valence-electron chi connectivity index (χ4n) is 3.05. The van der Waals surface area contributed by atoms with Gasteiger partial charge in [-0.2, -0.15) is 0 Å². The van der Waals surface area contributed by atoms with Gasteiger partial charge in [0.05, 0.1) is 25.1 Å². The molecule has 1 N–H and O–H groups in total. The third-order valence-corrected chi connectivity index (χ3v) is 5.66. The van der Waals surface area contributed by atoms with E-state index >= 15 is 0 Å². The predicted molar refractivity (Wildman–Crippen MR) is 91.4 cm³/mol. The highest BCUT2D eigenvalue weighted by Crippen LogP contribution is 2.33. The number of carbonyl (C=O) groups is 1. The molecule has 23 heavy (non-hydrogen) atoms. The molecule has 0 aliphatic carbocycles. The first-order valence-electron chi connectivity index (χ1n) is 8.06. The summed E-state index contributed by atoms with van der Waals surface area (Å²) < 4.78 is 5.11. The quantitative estimate of drug-likeness (QED) is 0.676. The molecule has 2 aromatic heterocycles. The van der Waals surface area contributed by atoms with Gasteiger partial charge in [0.15, 0.2) is 5.82 Å². The Morgan fingerprint density at radius 1 is 1.30 bits per heavy atom. The van der Waals surface area contributed by atoms with E-state index in [2.05, 4.69) is 9.97 Å². The van der Waals surface area contributed by atoms with Crippen LogP contribution in [0, 0.1) is 6.92 Å². The fraction of sp³-hybridized carbons (Fsp3) is 0.562. The zero-order valence-electron chi connectivity index (χ0n) is 13.4. The number of nitrogens with zero attached hydrogens (tertiary/aromatic N) is 2. The Morgan fingerprint density at radius 3 is 2.74 bits per heavy atom. The molecule has 3 heterocycles. The molecule has 0 amide bonds. The average molecular weight is 355 g/mol. The summed E-state index contributed by atoms with van der Waals surface area (Å²) in [4.78, 5) is 24.0. The molecule has 0 radical (unpaired) electrons. The van der Waals surface area contributed by atoms with Gasteiger partial charge in [-0.25, -0.2) is 14.8 Å². The van der Waals surface area contributed by atoms with E-state index in [4.69, 9.17) is 16.3 Å². The molecule has 2 aromatic rings. The zero-order chi connectivity index (χ0) is 16.4. The van der Waals surface area contributed by atoms with Gasteiger partial charge >= 0.3 is 5.97 Å². The van der Waals surface area contributed by atoms with Crippen LogP contribution >= 0.6 is 22.9 Å². The molecular formula is C16H21ClN3O2S+. The summed E-state index contributed by atoms with van der Waals surface area (Å²) in [5, 5.41) is 1.21. The zero-order valence-corrected chi connectivity index (χ0v) is 15.0.